The molecule has 0 amide bonds. The molecule has 5 rings (SSSR count). The third kappa shape index (κ3) is 3.93. The van der Waals surface area contributed by atoms with Crippen LogP contribution in [0.15, 0.2) is 127 Å². The molecular formula is C31H25N. The number of anilines is 1. The fourth-order valence-corrected chi connectivity index (χ4v) is 4.33. The van der Waals surface area contributed by atoms with Crippen LogP contribution in [0.4, 0.5) is 5.69 Å². The van der Waals surface area contributed by atoms with Gasteiger partial charge in [0.15, 0.2) is 0 Å². The van der Waals surface area contributed by atoms with Crippen molar-refractivity contribution in [2.75, 3.05) is 5.73 Å². The molecule has 0 fully saturated rings. The van der Waals surface area contributed by atoms with Gasteiger partial charge in [0.1, 0.15) is 0 Å². The maximum atomic E-state index is 6.94. The molecule has 4 aromatic rings. The van der Waals surface area contributed by atoms with Crippen LogP contribution < -0.4 is 5.73 Å². The summed E-state index contributed by atoms with van der Waals surface area (Å²) in [4.78, 5) is 0. The minimum absolute atomic E-state index is 0.825. The van der Waals surface area contributed by atoms with Gasteiger partial charge in [-0.25, -0.2) is 0 Å². The van der Waals surface area contributed by atoms with Crippen LogP contribution in [-0.2, 0) is 0 Å². The van der Waals surface area contributed by atoms with E-state index in [0.29, 0.717) is 0 Å². The summed E-state index contributed by atoms with van der Waals surface area (Å²) in [5.74, 6) is 0. The first-order valence-electron chi connectivity index (χ1n) is 11.0. The highest BCUT2D eigenvalue weighted by atomic mass is 14.6. The maximum absolute atomic E-state index is 6.94. The second kappa shape index (κ2) is 8.95. The molecule has 0 atom stereocenters. The lowest BCUT2D eigenvalue weighted by molar-refractivity contribution is 1.40. The molecular weight excluding hydrogens is 386 g/mol. The van der Waals surface area contributed by atoms with Crippen molar-refractivity contribution >= 4 is 11.3 Å². The zero-order chi connectivity index (χ0) is 21.8. The molecule has 0 aliphatic heterocycles. The Morgan fingerprint density at radius 1 is 0.531 bits per heavy atom. The van der Waals surface area contributed by atoms with E-state index in [9.17, 15) is 0 Å². The zero-order valence-corrected chi connectivity index (χ0v) is 17.9. The lowest BCUT2D eigenvalue weighted by atomic mass is 9.87. The van der Waals surface area contributed by atoms with Crippen molar-refractivity contribution in [1.29, 1.82) is 0 Å². The molecule has 0 saturated carbocycles. The molecule has 0 radical (unpaired) electrons. The lowest BCUT2D eigenvalue weighted by Gasteiger charge is -2.19. The molecule has 0 bridgehead atoms. The molecule has 0 spiro atoms. The molecule has 0 heterocycles. The largest absolute Gasteiger partial charge is 0.398 e. The van der Waals surface area contributed by atoms with E-state index in [1.54, 1.807) is 0 Å². The Morgan fingerprint density at radius 2 is 1.19 bits per heavy atom. The number of benzene rings is 4. The first-order valence-corrected chi connectivity index (χ1v) is 11.0. The predicted octanol–water partition coefficient (Wildman–Crippen LogP) is 8.17. The number of hydrogen-bond acceptors (Lipinski definition) is 1. The summed E-state index contributed by atoms with van der Waals surface area (Å²) in [5, 5.41) is 0. The van der Waals surface area contributed by atoms with Gasteiger partial charge < -0.3 is 5.73 Å². The molecule has 1 nitrogen and oxygen atoms in total. The smallest absolute Gasteiger partial charge is 0.0476 e. The van der Waals surface area contributed by atoms with Crippen LogP contribution in [0.1, 0.15) is 12.0 Å². The highest BCUT2D eigenvalue weighted by molar-refractivity contribution is 5.97. The molecule has 0 unspecified atom stereocenters. The van der Waals surface area contributed by atoms with Crippen molar-refractivity contribution in [3.63, 3.8) is 0 Å². The summed E-state index contributed by atoms with van der Waals surface area (Å²) >= 11 is 0. The van der Waals surface area contributed by atoms with Gasteiger partial charge in [-0.15, -0.1) is 0 Å². The van der Waals surface area contributed by atoms with Crippen LogP contribution in [0.2, 0.25) is 0 Å². The highest BCUT2D eigenvalue weighted by Crippen LogP contribution is 2.42. The van der Waals surface area contributed by atoms with Gasteiger partial charge in [-0.05, 0) is 45.9 Å². The molecule has 1 heteroatoms. The van der Waals surface area contributed by atoms with Gasteiger partial charge in [-0.2, -0.15) is 0 Å². The second-order valence-electron chi connectivity index (χ2n) is 7.97. The Morgan fingerprint density at radius 3 is 1.97 bits per heavy atom. The van der Waals surface area contributed by atoms with E-state index in [0.717, 1.165) is 34.4 Å². The minimum atomic E-state index is 0.825. The fraction of sp³-hybridized carbons (Fsp3) is 0.0323. The summed E-state index contributed by atoms with van der Waals surface area (Å²) in [6.45, 7) is 0. The van der Waals surface area contributed by atoms with Crippen molar-refractivity contribution in [3.8, 4) is 33.4 Å². The molecule has 0 aromatic heterocycles. The van der Waals surface area contributed by atoms with E-state index in [1.165, 1.54) is 22.3 Å². The van der Waals surface area contributed by atoms with Crippen LogP contribution in [-0.4, -0.2) is 0 Å². The average molecular weight is 412 g/mol. The van der Waals surface area contributed by atoms with Gasteiger partial charge >= 0.3 is 0 Å². The monoisotopic (exact) mass is 411 g/mol. The standard InChI is InChI=1S/C31H25N/c32-31-29(25-16-5-1-2-6-17-25)21-20-28(24-14-9-4-10-15-24)30(31)27-19-11-18-26(22-27)23-12-7-3-8-13-23/h1-16,18-22H,17,32H2. The van der Waals surface area contributed by atoms with E-state index in [1.807, 2.05) is 12.1 Å². The van der Waals surface area contributed by atoms with Crippen LogP contribution >= 0.6 is 0 Å². The summed E-state index contributed by atoms with van der Waals surface area (Å²) in [5.41, 5.74) is 17.0. The average Bonchev–Trinajstić information content (AvgIpc) is 3.14. The molecule has 1 aliphatic rings. The Labute approximate surface area is 189 Å². The minimum Gasteiger partial charge on any atom is -0.398 e. The first-order chi connectivity index (χ1) is 15.8. The first kappa shape index (κ1) is 19.8. The Bertz CT molecular complexity index is 1330. The third-order valence-corrected chi connectivity index (χ3v) is 5.93. The second-order valence-corrected chi connectivity index (χ2v) is 7.97. The number of hydrogen-bond donors (Lipinski definition) is 1. The van der Waals surface area contributed by atoms with E-state index < -0.39 is 0 Å². The normalized spacial score (nSPS) is 12.9. The van der Waals surface area contributed by atoms with Crippen molar-refractivity contribution in [3.05, 3.63) is 133 Å². The van der Waals surface area contributed by atoms with E-state index in [2.05, 4.69) is 115 Å². The Kier molecular flexibility index (Phi) is 5.55. The number of nitrogens with two attached hydrogens (primary N) is 1. The maximum Gasteiger partial charge on any atom is 0.0476 e. The fourth-order valence-electron chi connectivity index (χ4n) is 4.33. The van der Waals surface area contributed by atoms with E-state index >= 15 is 0 Å². The summed E-state index contributed by atoms with van der Waals surface area (Å²) < 4.78 is 0. The van der Waals surface area contributed by atoms with Gasteiger partial charge in [-0.3, -0.25) is 0 Å². The van der Waals surface area contributed by atoms with Crippen LogP contribution in [0.3, 0.4) is 0 Å². The summed E-state index contributed by atoms with van der Waals surface area (Å²) in [6.07, 6.45) is 11.4. The number of rotatable bonds is 4. The number of nitrogen functional groups attached to an aromatic ring is 1. The lowest BCUT2D eigenvalue weighted by Crippen LogP contribution is -2.00. The molecule has 4 aromatic carbocycles. The van der Waals surface area contributed by atoms with Gasteiger partial charge in [0.25, 0.3) is 0 Å². The Balaban J connectivity index is 1.72. The molecule has 2 N–H and O–H groups in total. The van der Waals surface area contributed by atoms with Gasteiger partial charge in [-0.1, -0.05) is 121 Å². The van der Waals surface area contributed by atoms with E-state index in [-0.39, 0.29) is 0 Å². The van der Waals surface area contributed by atoms with Crippen molar-refractivity contribution in [2.24, 2.45) is 0 Å². The van der Waals surface area contributed by atoms with Gasteiger partial charge in [0.05, 0.1) is 0 Å². The van der Waals surface area contributed by atoms with Crippen LogP contribution in [0, 0.1) is 0 Å². The third-order valence-electron chi connectivity index (χ3n) is 5.93. The van der Waals surface area contributed by atoms with Gasteiger partial charge in [0.2, 0.25) is 0 Å². The number of allylic oxidation sites excluding steroid dienone is 6. The Hall–Kier alpha value is -4.10. The van der Waals surface area contributed by atoms with Gasteiger partial charge in [0, 0.05) is 16.8 Å². The summed E-state index contributed by atoms with van der Waals surface area (Å²) in [6, 6.07) is 34.1. The molecule has 32 heavy (non-hydrogen) atoms. The quantitative estimate of drug-likeness (QED) is 0.337. The van der Waals surface area contributed by atoms with Crippen molar-refractivity contribution in [1.82, 2.24) is 0 Å². The molecule has 0 saturated heterocycles. The zero-order valence-electron chi connectivity index (χ0n) is 17.9. The van der Waals surface area contributed by atoms with Crippen molar-refractivity contribution < 1.29 is 0 Å². The molecule has 1 aliphatic carbocycles. The summed E-state index contributed by atoms with van der Waals surface area (Å²) in [7, 11) is 0. The van der Waals surface area contributed by atoms with Crippen LogP contribution in [0.5, 0.6) is 0 Å². The molecule has 154 valence electrons. The van der Waals surface area contributed by atoms with E-state index in [4.69, 9.17) is 5.73 Å². The SMILES string of the molecule is Nc1c(C2=CC=CC=CC2)ccc(-c2ccccc2)c1-c1cccc(-c2ccccc2)c1. The topological polar surface area (TPSA) is 26.0 Å². The highest BCUT2D eigenvalue weighted by Gasteiger charge is 2.17. The predicted molar refractivity (Wildman–Crippen MR) is 138 cm³/mol. The van der Waals surface area contributed by atoms with Crippen LogP contribution in [0.25, 0.3) is 39.0 Å². The van der Waals surface area contributed by atoms with Crippen molar-refractivity contribution in [2.45, 2.75) is 6.42 Å².